The number of amides is 1. The minimum absolute atomic E-state index is 0.248. The summed E-state index contributed by atoms with van der Waals surface area (Å²) < 4.78 is 37.6. The first-order valence-electron chi connectivity index (χ1n) is 6.02. The van der Waals surface area contributed by atoms with Gasteiger partial charge < -0.3 is 0 Å². The van der Waals surface area contributed by atoms with Crippen molar-refractivity contribution in [3.8, 4) is 0 Å². The van der Waals surface area contributed by atoms with E-state index in [1.165, 1.54) is 12.1 Å². The minimum atomic E-state index is -4.41. The van der Waals surface area contributed by atoms with Gasteiger partial charge in [0.2, 0.25) is 0 Å². The lowest BCUT2D eigenvalue weighted by Gasteiger charge is -2.06. The summed E-state index contributed by atoms with van der Waals surface area (Å²) in [5, 5.41) is 3.65. The Morgan fingerprint density at radius 2 is 1.76 bits per heavy atom. The molecule has 2 aromatic rings. The smallest absolute Gasteiger partial charge is 0.267 e. The quantitative estimate of drug-likeness (QED) is 0.683. The summed E-state index contributed by atoms with van der Waals surface area (Å²) in [6.45, 7) is 0. The third-order valence-corrected chi connectivity index (χ3v) is 2.63. The Balaban J connectivity index is 2.04. The predicted molar refractivity (Wildman–Crippen MR) is 72.9 cm³/mol. The van der Waals surface area contributed by atoms with E-state index in [0.717, 1.165) is 18.3 Å². The normalized spacial score (nSPS) is 11.6. The summed E-state index contributed by atoms with van der Waals surface area (Å²) in [5.74, 6) is -0.432. The molecule has 1 amide bonds. The van der Waals surface area contributed by atoms with Gasteiger partial charge in [0, 0.05) is 5.56 Å². The van der Waals surface area contributed by atoms with Gasteiger partial charge in [0.25, 0.3) is 5.91 Å². The van der Waals surface area contributed by atoms with Gasteiger partial charge in [0.15, 0.2) is 0 Å². The largest absolute Gasteiger partial charge is 0.416 e. The fourth-order valence-electron chi connectivity index (χ4n) is 1.61. The van der Waals surface area contributed by atoms with Crippen LogP contribution in [-0.4, -0.2) is 12.1 Å². The van der Waals surface area contributed by atoms with E-state index in [9.17, 15) is 18.0 Å². The van der Waals surface area contributed by atoms with Crippen LogP contribution < -0.4 is 5.43 Å². The van der Waals surface area contributed by atoms with E-state index in [1.54, 1.807) is 30.3 Å². The van der Waals surface area contributed by atoms with Gasteiger partial charge in [-0.05, 0) is 29.8 Å². The monoisotopic (exact) mass is 292 g/mol. The molecule has 1 N–H and O–H groups in total. The molecule has 6 heteroatoms. The SMILES string of the molecule is O=C(N/N=C\c1cccc(C(F)(F)F)c1)c1ccccc1. The molecule has 0 heterocycles. The number of hydrazone groups is 1. The second-order valence-electron chi connectivity index (χ2n) is 4.19. The summed E-state index contributed by atoms with van der Waals surface area (Å²) in [6.07, 6.45) is -3.24. The van der Waals surface area contributed by atoms with Gasteiger partial charge in [-0.1, -0.05) is 30.3 Å². The van der Waals surface area contributed by atoms with Crippen molar-refractivity contribution in [3.05, 3.63) is 71.3 Å². The highest BCUT2D eigenvalue weighted by Gasteiger charge is 2.30. The van der Waals surface area contributed by atoms with Gasteiger partial charge in [-0.3, -0.25) is 4.79 Å². The molecular weight excluding hydrogens is 281 g/mol. The summed E-state index contributed by atoms with van der Waals surface area (Å²) in [4.78, 5) is 11.7. The highest BCUT2D eigenvalue weighted by molar-refractivity contribution is 5.94. The molecule has 2 rings (SSSR count). The van der Waals surface area contributed by atoms with Gasteiger partial charge in [-0.25, -0.2) is 5.43 Å². The Morgan fingerprint density at radius 1 is 1.05 bits per heavy atom. The molecule has 0 saturated heterocycles. The Labute approximate surface area is 119 Å². The number of nitrogens with zero attached hydrogens (tertiary/aromatic N) is 1. The first-order chi connectivity index (χ1) is 9.97. The van der Waals surface area contributed by atoms with Crippen LogP contribution in [0.3, 0.4) is 0 Å². The van der Waals surface area contributed by atoms with Gasteiger partial charge in [-0.15, -0.1) is 0 Å². The average molecular weight is 292 g/mol. The fourth-order valence-corrected chi connectivity index (χ4v) is 1.61. The maximum Gasteiger partial charge on any atom is 0.416 e. The van der Waals surface area contributed by atoms with E-state index in [1.807, 2.05) is 0 Å². The highest BCUT2D eigenvalue weighted by Crippen LogP contribution is 2.29. The van der Waals surface area contributed by atoms with Gasteiger partial charge in [0.05, 0.1) is 11.8 Å². The van der Waals surface area contributed by atoms with E-state index in [0.29, 0.717) is 5.56 Å². The van der Waals surface area contributed by atoms with Crippen molar-refractivity contribution in [2.45, 2.75) is 6.18 Å². The standard InChI is InChI=1S/C15H11F3N2O/c16-15(17,18)13-8-4-5-11(9-13)10-19-20-14(21)12-6-2-1-3-7-12/h1-10H,(H,20,21)/b19-10-. The maximum atomic E-state index is 12.5. The molecule has 0 fully saturated rings. The molecular formula is C15H11F3N2O. The fraction of sp³-hybridized carbons (Fsp3) is 0.0667. The van der Waals surface area contributed by atoms with E-state index in [-0.39, 0.29) is 5.56 Å². The van der Waals surface area contributed by atoms with Gasteiger partial charge in [-0.2, -0.15) is 18.3 Å². The predicted octanol–water partition coefficient (Wildman–Crippen LogP) is 3.47. The van der Waals surface area contributed by atoms with Crippen LogP contribution in [0.5, 0.6) is 0 Å². The summed E-state index contributed by atoms with van der Waals surface area (Å²) >= 11 is 0. The zero-order valence-electron chi connectivity index (χ0n) is 10.8. The minimum Gasteiger partial charge on any atom is -0.267 e. The molecule has 0 aliphatic carbocycles. The molecule has 21 heavy (non-hydrogen) atoms. The van der Waals surface area contributed by atoms with Crippen LogP contribution in [-0.2, 0) is 6.18 Å². The number of hydrogen-bond donors (Lipinski definition) is 1. The lowest BCUT2D eigenvalue weighted by atomic mass is 10.1. The van der Waals surface area contributed by atoms with E-state index < -0.39 is 17.6 Å². The van der Waals surface area contributed by atoms with Crippen LogP contribution in [0.1, 0.15) is 21.5 Å². The van der Waals surface area contributed by atoms with Crippen LogP contribution in [0.15, 0.2) is 59.7 Å². The van der Waals surface area contributed by atoms with Crippen molar-refractivity contribution >= 4 is 12.1 Å². The number of rotatable bonds is 3. The Bertz CT molecular complexity index is 651. The van der Waals surface area contributed by atoms with Crippen molar-refractivity contribution in [1.29, 1.82) is 0 Å². The molecule has 0 atom stereocenters. The number of carbonyl (C=O) groups excluding carboxylic acids is 1. The number of nitrogens with one attached hydrogen (secondary N) is 1. The third kappa shape index (κ3) is 4.17. The van der Waals surface area contributed by atoms with Crippen molar-refractivity contribution in [2.24, 2.45) is 5.10 Å². The van der Waals surface area contributed by atoms with Crippen LogP contribution in [0.2, 0.25) is 0 Å². The van der Waals surface area contributed by atoms with Gasteiger partial charge >= 0.3 is 6.18 Å². The molecule has 0 unspecified atom stereocenters. The lowest BCUT2D eigenvalue weighted by Crippen LogP contribution is -2.17. The molecule has 0 aliphatic rings. The average Bonchev–Trinajstić information content (AvgIpc) is 2.47. The number of benzene rings is 2. The second kappa shape index (κ2) is 6.21. The number of halogens is 3. The van der Waals surface area contributed by atoms with Crippen molar-refractivity contribution < 1.29 is 18.0 Å². The molecule has 0 spiro atoms. The molecule has 0 saturated carbocycles. The van der Waals surface area contributed by atoms with Crippen molar-refractivity contribution in [1.82, 2.24) is 5.43 Å². The number of carbonyl (C=O) groups is 1. The highest BCUT2D eigenvalue weighted by atomic mass is 19.4. The molecule has 108 valence electrons. The second-order valence-corrected chi connectivity index (χ2v) is 4.19. The molecule has 2 aromatic carbocycles. The van der Waals surface area contributed by atoms with E-state index in [2.05, 4.69) is 10.5 Å². The van der Waals surface area contributed by atoms with Gasteiger partial charge in [0.1, 0.15) is 0 Å². The van der Waals surface area contributed by atoms with Crippen molar-refractivity contribution in [3.63, 3.8) is 0 Å². The topological polar surface area (TPSA) is 41.5 Å². The molecule has 0 bridgehead atoms. The maximum absolute atomic E-state index is 12.5. The zero-order valence-corrected chi connectivity index (χ0v) is 10.8. The molecule has 0 radical (unpaired) electrons. The first kappa shape index (κ1) is 14.8. The van der Waals surface area contributed by atoms with E-state index >= 15 is 0 Å². The summed E-state index contributed by atoms with van der Waals surface area (Å²) in [7, 11) is 0. The molecule has 0 aromatic heterocycles. The number of hydrogen-bond acceptors (Lipinski definition) is 2. The van der Waals surface area contributed by atoms with Crippen LogP contribution >= 0.6 is 0 Å². The Hall–Kier alpha value is -2.63. The summed E-state index contributed by atoms with van der Waals surface area (Å²) in [5.41, 5.74) is 2.16. The van der Waals surface area contributed by atoms with Crippen LogP contribution in [0.4, 0.5) is 13.2 Å². The number of alkyl halides is 3. The third-order valence-electron chi connectivity index (χ3n) is 2.63. The molecule has 3 nitrogen and oxygen atoms in total. The summed E-state index contributed by atoms with van der Waals surface area (Å²) in [6, 6.07) is 13.1. The lowest BCUT2D eigenvalue weighted by molar-refractivity contribution is -0.137. The zero-order chi connectivity index (χ0) is 15.3. The Morgan fingerprint density at radius 3 is 2.43 bits per heavy atom. The first-order valence-corrected chi connectivity index (χ1v) is 6.02. The van der Waals surface area contributed by atoms with E-state index in [4.69, 9.17) is 0 Å². The van der Waals surface area contributed by atoms with Crippen LogP contribution in [0.25, 0.3) is 0 Å². The van der Waals surface area contributed by atoms with Crippen LogP contribution in [0, 0.1) is 0 Å². The molecule has 0 aliphatic heterocycles. The Kier molecular flexibility index (Phi) is 4.37. The van der Waals surface area contributed by atoms with Crippen molar-refractivity contribution in [2.75, 3.05) is 0 Å².